The third kappa shape index (κ3) is 3.75. The highest BCUT2D eigenvalue weighted by molar-refractivity contribution is 5.82. The SMILES string of the molecule is COC1CNC(C(=O)NCC(O)CO)C1. The number of hydrogen-bond donors (Lipinski definition) is 4. The molecule has 1 heterocycles. The van der Waals surface area contributed by atoms with E-state index in [2.05, 4.69) is 10.6 Å². The van der Waals surface area contributed by atoms with E-state index in [0.29, 0.717) is 13.0 Å². The van der Waals surface area contributed by atoms with Crippen LogP contribution in [0.2, 0.25) is 0 Å². The van der Waals surface area contributed by atoms with Gasteiger partial charge in [0.25, 0.3) is 0 Å². The summed E-state index contributed by atoms with van der Waals surface area (Å²) in [6.45, 7) is 0.390. The van der Waals surface area contributed by atoms with Gasteiger partial charge < -0.3 is 25.6 Å². The Kier molecular flexibility index (Phi) is 4.97. The van der Waals surface area contributed by atoms with Crippen molar-refractivity contribution in [1.82, 2.24) is 10.6 Å². The summed E-state index contributed by atoms with van der Waals surface area (Å²) < 4.78 is 5.11. The number of rotatable bonds is 5. The van der Waals surface area contributed by atoms with Gasteiger partial charge in [-0.25, -0.2) is 0 Å². The van der Waals surface area contributed by atoms with E-state index in [1.807, 2.05) is 0 Å². The van der Waals surface area contributed by atoms with Gasteiger partial charge in [-0.1, -0.05) is 0 Å². The maximum Gasteiger partial charge on any atom is 0.237 e. The lowest BCUT2D eigenvalue weighted by molar-refractivity contribution is -0.123. The van der Waals surface area contributed by atoms with E-state index in [1.54, 1.807) is 7.11 Å². The highest BCUT2D eigenvalue weighted by Gasteiger charge is 2.29. The first-order valence-corrected chi connectivity index (χ1v) is 5.00. The second kappa shape index (κ2) is 6.02. The lowest BCUT2D eigenvalue weighted by Crippen LogP contribution is -2.43. The van der Waals surface area contributed by atoms with Gasteiger partial charge in [-0.05, 0) is 6.42 Å². The van der Waals surface area contributed by atoms with E-state index in [0.717, 1.165) is 0 Å². The van der Waals surface area contributed by atoms with Crippen molar-refractivity contribution < 1.29 is 19.7 Å². The molecule has 6 heteroatoms. The number of aliphatic hydroxyl groups is 2. The average Bonchev–Trinajstić information content (AvgIpc) is 2.73. The minimum Gasteiger partial charge on any atom is -0.394 e. The van der Waals surface area contributed by atoms with Gasteiger partial charge >= 0.3 is 0 Å². The summed E-state index contributed by atoms with van der Waals surface area (Å²) in [7, 11) is 1.61. The van der Waals surface area contributed by atoms with Crippen molar-refractivity contribution in [3.8, 4) is 0 Å². The number of methoxy groups -OCH3 is 1. The predicted molar refractivity (Wildman–Crippen MR) is 53.3 cm³/mol. The van der Waals surface area contributed by atoms with Crippen molar-refractivity contribution in [2.45, 2.75) is 24.7 Å². The molecule has 88 valence electrons. The molecule has 0 radical (unpaired) electrons. The molecule has 0 saturated carbocycles. The van der Waals surface area contributed by atoms with Crippen LogP contribution >= 0.6 is 0 Å². The Balaban J connectivity index is 2.23. The predicted octanol–water partition coefficient (Wildman–Crippen LogP) is -2.17. The molecule has 6 nitrogen and oxygen atoms in total. The molecule has 0 aromatic rings. The van der Waals surface area contributed by atoms with Crippen LogP contribution in [0.15, 0.2) is 0 Å². The first kappa shape index (κ1) is 12.4. The zero-order chi connectivity index (χ0) is 11.3. The molecule has 0 spiro atoms. The van der Waals surface area contributed by atoms with Crippen molar-refractivity contribution >= 4 is 5.91 Å². The molecule has 1 saturated heterocycles. The van der Waals surface area contributed by atoms with E-state index in [4.69, 9.17) is 14.9 Å². The molecule has 1 fully saturated rings. The zero-order valence-corrected chi connectivity index (χ0v) is 8.77. The number of nitrogens with one attached hydrogen (secondary N) is 2. The maximum absolute atomic E-state index is 11.5. The summed E-state index contributed by atoms with van der Waals surface area (Å²) in [4.78, 5) is 11.5. The largest absolute Gasteiger partial charge is 0.394 e. The third-order valence-corrected chi connectivity index (χ3v) is 2.46. The second-order valence-corrected chi connectivity index (χ2v) is 3.64. The van der Waals surface area contributed by atoms with Crippen LogP contribution in [-0.4, -0.2) is 61.2 Å². The smallest absolute Gasteiger partial charge is 0.237 e. The van der Waals surface area contributed by atoms with Crippen LogP contribution in [0.4, 0.5) is 0 Å². The van der Waals surface area contributed by atoms with Gasteiger partial charge in [0.2, 0.25) is 5.91 Å². The number of amides is 1. The Morgan fingerprint density at radius 2 is 2.47 bits per heavy atom. The molecule has 1 amide bonds. The quantitative estimate of drug-likeness (QED) is 0.422. The van der Waals surface area contributed by atoms with Gasteiger partial charge in [0.15, 0.2) is 0 Å². The first-order chi connectivity index (χ1) is 7.17. The molecule has 1 rings (SSSR count). The Morgan fingerprint density at radius 3 is 3.00 bits per heavy atom. The fourth-order valence-electron chi connectivity index (χ4n) is 1.49. The third-order valence-electron chi connectivity index (χ3n) is 2.46. The fourth-order valence-corrected chi connectivity index (χ4v) is 1.49. The van der Waals surface area contributed by atoms with Crippen molar-refractivity contribution in [3.63, 3.8) is 0 Å². The summed E-state index contributed by atoms with van der Waals surface area (Å²) in [5, 5.41) is 23.2. The lowest BCUT2D eigenvalue weighted by atomic mass is 10.2. The Hall–Kier alpha value is -0.690. The van der Waals surface area contributed by atoms with Gasteiger partial charge in [0, 0.05) is 20.2 Å². The van der Waals surface area contributed by atoms with Crippen LogP contribution in [0.5, 0.6) is 0 Å². The molecule has 3 unspecified atom stereocenters. The molecule has 0 aromatic carbocycles. The zero-order valence-electron chi connectivity index (χ0n) is 8.77. The van der Waals surface area contributed by atoms with Crippen molar-refractivity contribution in [3.05, 3.63) is 0 Å². The molecule has 0 aromatic heterocycles. The highest BCUT2D eigenvalue weighted by Crippen LogP contribution is 2.09. The van der Waals surface area contributed by atoms with E-state index >= 15 is 0 Å². The highest BCUT2D eigenvalue weighted by atomic mass is 16.5. The molecular formula is C9H18N2O4. The van der Waals surface area contributed by atoms with E-state index in [9.17, 15) is 4.79 Å². The second-order valence-electron chi connectivity index (χ2n) is 3.64. The van der Waals surface area contributed by atoms with Gasteiger partial charge in [-0.2, -0.15) is 0 Å². The number of hydrogen-bond acceptors (Lipinski definition) is 5. The monoisotopic (exact) mass is 218 g/mol. The lowest BCUT2D eigenvalue weighted by Gasteiger charge is -2.13. The maximum atomic E-state index is 11.5. The molecule has 15 heavy (non-hydrogen) atoms. The van der Waals surface area contributed by atoms with E-state index in [-0.39, 0.29) is 31.2 Å². The summed E-state index contributed by atoms with van der Waals surface area (Å²) in [6.07, 6.45) is -0.186. The Labute approximate surface area is 88.6 Å². The van der Waals surface area contributed by atoms with Crippen LogP contribution in [0.25, 0.3) is 0 Å². The van der Waals surface area contributed by atoms with Crippen molar-refractivity contribution in [2.24, 2.45) is 0 Å². The van der Waals surface area contributed by atoms with Crippen LogP contribution in [0.3, 0.4) is 0 Å². The standard InChI is InChI=1S/C9H18N2O4/c1-15-7-2-8(10-4-7)9(14)11-3-6(13)5-12/h6-8,10,12-13H,2-5H2,1H3,(H,11,14). The first-order valence-electron chi connectivity index (χ1n) is 5.00. The number of carbonyl (C=O) groups excluding carboxylic acids is 1. The molecular weight excluding hydrogens is 200 g/mol. The number of aliphatic hydroxyl groups excluding tert-OH is 2. The van der Waals surface area contributed by atoms with Crippen LogP contribution in [0.1, 0.15) is 6.42 Å². The molecule has 0 bridgehead atoms. The number of ether oxygens (including phenoxy) is 1. The summed E-state index contributed by atoms with van der Waals surface area (Å²) in [5.74, 6) is -0.165. The van der Waals surface area contributed by atoms with E-state index in [1.165, 1.54) is 0 Å². The fraction of sp³-hybridized carbons (Fsp3) is 0.889. The molecule has 1 aliphatic rings. The topological polar surface area (TPSA) is 90.8 Å². The van der Waals surface area contributed by atoms with Crippen molar-refractivity contribution in [1.29, 1.82) is 0 Å². The minimum absolute atomic E-state index is 0.0727. The average molecular weight is 218 g/mol. The normalized spacial score (nSPS) is 27.7. The van der Waals surface area contributed by atoms with Gasteiger partial charge in [0.1, 0.15) is 0 Å². The Morgan fingerprint density at radius 1 is 1.73 bits per heavy atom. The van der Waals surface area contributed by atoms with Crippen LogP contribution in [0, 0.1) is 0 Å². The van der Waals surface area contributed by atoms with Crippen LogP contribution in [-0.2, 0) is 9.53 Å². The van der Waals surface area contributed by atoms with Gasteiger partial charge in [-0.15, -0.1) is 0 Å². The molecule has 3 atom stereocenters. The molecule has 0 aliphatic carbocycles. The van der Waals surface area contributed by atoms with Gasteiger partial charge in [-0.3, -0.25) is 4.79 Å². The van der Waals surface area contributed by atoms with Gasteiger partial charge in [0.05, 0.1) is 24.9 Å². The number of carbonyl (C=O) groups is 1. The summed E-state index contributed by atoms with van der Waals surface area (Å²) in [5.41, 5.74) is 0. The summed E-state index contributed by atoms with van der Waals surface area (Å²) >= 11 is 0. The Bertz CT molecular complexity index is 212. The molecule has 4 N–H and O–H groups in total. The molecule has 1 aliphatic heterocycles. The van der Waals surface area contributed by atoms with Crippen LogP contribution < -0.4 is 10.6 Å². The summed E-state index contributed by atoms with van der Waals surface area (Å²) in [6, 6.07) is -0.263. The minimum atomic E-state index is -0.895. The van der Waals surface area contributed by atoms with E-state index < -0.39 is 6.10 Å². The van der Waals surface area contributed by atoms with Crippen molar-refractivity contribution in [2.75, 3.05) is 26.8 Å².